The van der Waals surface area contributed by atoms with Crippen molar-refractivity contribution in [2.45, 2.75) is 33.4 Å². The van der Waals surface area contributed by atoms with Gasteiger partial charge in [0.1, 0.15) is 0 Å². The van der Waals surface area contributed by atoms with E-state index in [4.69, 9.17) is 0 Å². The Morgan fingerprint density at radius 2 is 1.91 bits per heavy atom. The SMILES string of the molecule is Cc1ncn(CCC(=O)NC(=O)NCc2ccccc2)c1C. The van der Waals surface area contributed by atoms with Gasteiger partial charge in [0.05, 0.1) is 12.0 Å². The van der Waals surface area contributed by atoms with E-state index in [0.29, 0.717) is 13.1 Å². The number of nitrogens with one attached hydrogen (secondary N) is 2. The summed E-state index contributed by atoms with van der Waals surface area (Å²) < 4.78 is 1.90. The Kier molecular flexibility index (Phi) is 5.30. The van der Waals surface area contributed by atoms with Gasteiger partial charge < -0.3 is 9.88 Å². The van der Waals surface area contributed by atoms with Gasteiger partial charge in [0.2, 0.25) is 5.91 Å². The third-order valence-corrected chi connectivity index (χ3v) is 3.47. The van der Waals surface area contributed by atoms with Crippen LogP contribution in [0.4, 0.5) is 4.79 Å². The summed E-state index contributed by atoms with van der Waals surface area (Å²) >= 11 is 0. The monoisotopic (exact) mass is 300 g/mol. The summed E-state index contributed by atoms with van der Waals surface area (Å²) in [6.45, 7) is 4.76. The van der Waals surface area contributed by atoms with E-state index in [9.17, 15) is 9.59 Å². The molecule has 22 heavy (non-hydrogen) atoms. The predicted molar refractivity (Wildman–Crippen MR) is 83.1 cm³/mol. The van der Waals surface area contributed by atoms with Crippen molar-refractivity contribution in [2.75, 3.05) is 0 Å². The summed E-state index contributed by atoms with van der Waals surface area (Å²) in [5, 5.41) is 4.98. The minimum Gasteiger partial charge on any atom is -0.334 e. The van der Waals surface area contributed by atoms with Gasteiger partial charge in [-0.25, -0.2) is 9.78 Å². The van der Waals surface area contributed by atoms with E-state index in [-0.39, 0.29) is 12.3 Å². The van der Waals surface area contributed by atoms with Crippen LogP contribution in [-0.4, -0.2) is 21.5 Å². The van der Waals surface area contributed by atoms with E-state index < -0.39 is 6.03 Å². The molecule has 0 saturated carbocycles. The Balaban J connectivity index is 1.72. The first-order valence-electron chi connectivity index (χ1n) is 7.16. The van der Waals surface area contributed by atoms with Crippen molar-refractivity contribution < 1.29 is 9.59 Å². The zero-order valence-electron chi connectivity index (χ0n) is 12.8. The maximum absolute atomic E-state index is 11.8. The highest BCUT2D eigenvalue weighted by atomic mass is 16.2. The van der Waals surface area contributed by atoms with Crippen LogP contribution in [-0.2, 0) is 17.9 Å². The molecule has 0 spiro atoms. The van der Waals surface area contributed by atoms with Crippen molar-refractivity contribution in [3.05, 3.63) is 53.6 Å². The molecule has 116 valence electrons. The molecule has 0 aliphatic rings. The highest BCUT2D eigenvalue weighted by molar-refractivity contribution is 5.94. The van der Waals surface area contributed by atoms with Crippen molar-refractivity contribution in [3.8, 4) is 0 Å². The maximum Gasteiger partial charge on any atom is 0.321 e. The predicted octanol–water partition coefficient (Wildman–Crippen LogP) is 1.92. The Labute approximate surface area is 129 Å². The van der Waals surface area contributed by atoms with E-state index in [1.54, 1.807) is 6.33 Å². The van der Waals surface area contributed by atoms with Crippen LogP contribution in [0.25, 0.3) is 0 Å². The normalized spacial score (nSPS) is 10.3. The number of imide groups is 1. The molecule has 1 heterocycles. The number of nitrogens with zero attached hydrogens (tertiary/aromatic N) is 2. The van der Waals surface area contributed by atoms with Crippen LogP contribution in [0.5, 0.6) is 0 Å². The number of benzene rings is 1. The smallest absolute Gasteiger partial charge is 0.321 e. The Hall–Kier alpha value is -2.63. The molecule has 2 N–H and O–H groups in total. The summed E-state index contributed by atoms with van der Waals surface area (Å²) in [5.41, 5.74) is 2.96. The molecule has 2 rings (SSSR count). The van der Waals surface area contributed by atoms with Crippen LogP contribution in [0.15, 0.2) is 36.7 Å². The van der Waals surface area contributed by atoms with Gasteiger partial charge in [0.15, 0.2) is 0 Å². The fraction of sp³-hybridized carbons (Fsp3) is 0.312. The van der Waals surface area contributed by atoms with E-state index in [0.717, 1.165) is 17.0 Å². The highest BCUT2D eigenvalue weighted by Crippen LogP contribution is 2.04. The third-order valence-electron chi connectivity index (χ3n) is 3.47. The van der Waals surface area contributed by atoms with Gasteiger partial charge in [-0.15, -0.1) is 0 Å². The van der Waals surface area contributed by atoms with Gasteiger partial charge in [-0.1, -0.05) is 30.3 Å². The largest absolute Gasteiger partial charge is 0.334 e. The number of hydrogen-bond acceptors (Lipinski definition) is 3. The number of carbonyl (C=O) groups is 2. The van der Waals surface area contributed by atoms with Crippen molar-refractivity contribution in [3.63, 3.8) is 0 Å². The van der Waals surface area contributed by atoms with Gasteiger partial charge >= 0.3 is 6.03 Å². The molecule has 0 aliphatic carbocycles. The van der Waals surface area contributed by atoms with Crippen LogP contribution in [0.2, 0.25) is 0 Å². The van der Waals surface area contributed by atoms with Gasteiger partial charge in [0, 0.05) is 25.2 Å². The molecule has 1 aromatic heterocycles. The molecular weight excluding hydrogens is 280 g/mol. The molecule has 0 radical (unpaired) electrons. The number of aryl methyl sites for hydroxylation is 2. The van der Waals surface area contributed by atoms with E-state index in [1.165, 1.54) is 0 Å². The van der Waals surface area contributed by atoms with Gasteiger partial charge in [-0.3, -0.25) is 10.1 Å². The molecule has 0 atom stereocenters. The van der Waals surface area contributed by atoms with Crippen molar-refractivity contribution >= 4 is 11.9 Å². The van der Waals surface area contributed by atoms with Gasteiger partial charge in [-0.2, -0.15) is 0 Å². The third kappa shape index (κ3) is 4.44. The summed E-state index contributed by atoms with van der Waals surface area (Å²) in [7, 11) is 0. The van der Waals surface area contributed by atoms with Crippen LogP contribution in [0.1, 0.15) is 23.4 Å². The average molecular weight is 300 g/mol. The Bertz CT molecular complexity index is 649. The fourth-order valence-electron chi connectivity index (χ4n) is 2.00. The van der Waals surface area contributed by atoms with Crippen LogP contribution < -0.4 is 10.6 Å². The summed E-state index contributed by atoms with van der Waals surface area (Å²) in [6, 6.07) is 9.04. The quantitative estimate of drug-likeness (QED) is 0.885. The second kappa shape index (κ2) is 7.40. The zero-order valence-corrected chi connectivity index (χ0v) is 12.8. The molecule has 0 aliphatic heterocycles. The number of rotatable bonds is 5. The summed E-state index contributed by atoms with van der Waals surface area (Å²) in [5.74, 6) is -0.309. The molecular formula is C16H20N4O2. The first-order valence-corrected chi connectivity index (χ1v) is 7.16. The topological polar surface area (TPSA) is 76.0 Å². The average Bonchev–Trinajstić information content (AvgIpc) is 2.84. The molecule has 0 bridgehead atoms. The lowest BCUT2D eigenvalue weighted by Crippen LogP contribution is -2.39. The standard InChI is InChI=1S/C16H20N4O2/c1-12-13(2)20(11-18-12)9-8-15(21)19-16(22)17-10-14-6-4-3-5-7-14/h3-7,11H,8-10H2,1-2H3,(H2,17,19,21,22). The number of hydrogen-bond donors (Lipinski definition) is 2. The number of carbonyl (C=O) groups excluding carboxylic acids is 2. The molecule has 2 aromatic rings. The lowest BCUT2D eigenvalue weighted by molar-refractivity contribution is -0.120. The molecule has 0 saturated heterocycles. The van der Waals surface area contributed by atoms with Crippen LogP contribution in [0, 0.1) is 13.8 Å². The van der Waals surface area contributed by atoms with Gasteiger partial charge in [0.25, 0.3) is 0 Å². The molecule has 6 nitrogen and oxygen atoms in total. The minimum absolute atomic E-state index is 0.232. The molecule has 3 amide bonds. The highest BCUT2D eigenvalue weighted by Gasteiger charge is 2.09. The number of urea groups is 1. The summed E-state index contributed by atoms with van der Waals surface area (Å²) in [6.07, 6.45) is 1.93. The zero-order chi connectivity index (χ0) is 15.9. The Morgan fingerprint density at radius 3 is 2.55 bits per heavy atom. The second-order valence-corrected chi connectivity index (χ2v) is 5.08. The second-order valence-electron chi connectivity index (χ2n) is 5.08. The van der Waals surface area contributed by atoms with E-state index in [2.05, 4.69) is 15.6 Å². The van der Waals surface area contributed by atoms with Crippen LogP contribution >= 0.6 is 0 Å². The van der Waals surface area contributed by atoms with E-state index in [1.807, 2.05) is 48.7 Å². The van der Waals surface area contributed by atoms with Gasteiger partial charge in [-0.05, 0) is 19.4 Å². The molecule has 0 fully saturated rings. The first-order chi connectivity index (χ1) is 10.6. The van der Waals surface area contributed by atoms with Crippen LogP contribution in [0.3, 0.4) is 0 Å². The molecule has 0 unspecified atom stereocenters. The number of amides is 3. The minimum atomic E-state index is -0.479. The molecule has 6 heteroatoms. The number of imidazole rings is 1. The number of aromatic nitrogens is 2. The molecule has 1 aromatic carbocycles. The van der Waals surface area contributed by atoms with Crippen molar-refractivity contribution in [2.24, 2.45) is 0 Å². The summed E-state index contributed by atoms with van der Waals surface area (Å²) in [4.78, 5) is 27.6. The first kappa shape index (κ1) is 15.8. The van der Waals surface area contributed by atoms with Crippen molar-refractivity contribution in [1.82, 2.24) is 20.2 Å². The van der Waals surface area contributed by atoms with Crippen molar-refractivity contribution in [1.29, 1.82) is 0 Å². The lowest BCUT2D eigenvalue weighted by Gasteiger charge is -2.08. The Morgan fingerprint density at radius 1 is 1.18 bits per heavy atom. The van der Waals surface area contributed by atoms with E-state index >= 15 is 0 Å². The fourth-order valence-corrected chi connectivity index (χ4v) is 2.00. The lowest BCUT2D eigenvalue weighted by atomic mass is 10.2. The maximum atomic E-state index is 11.8.